The first-order chi connectivity index (χ1) is 6.09. The SMILES string of the molecule is Cc1cc2cn(C)nc2c(C)c1O. The van der Waals surface area contributed by atoms with Gasteiger partial charge in [0.1, 0.15) is 5.75 Å². The lowest BCUT2D eigenvalue weighted by Gasteiger charge is -2.02. The van der Waals surface area contributed by atoms with Gasteiger partial charge in [-0.05, 0) is 25.5 Å². The van der Waals surface area contributed by atoms with Crippen molar-refractivity contribution in [2.75, 3.05) is 0 Å². The summed E-state index contributed by atoms with van der Waals surface area (Å²) in [5.74, 6) is 0.353. The topological polar surface area (TPSA) is 38.0 Å². The van der Waals surface area contributed by atoms with Gasteiger partial charge in [0.25, 0.3) is 0 Å². The van der Waals surface area contributed by atoms with Crippen molar-refractivity contribution in [3.8, 4) is 5.75 Å². The summed E-state index contributed by atoms with van der Waals surface area (Å²) < 4.78 is 1.76. The van der Waals surface area contributed by atoms with Gasteiger partial charge in [0.2, 0.25) is 0 Å². The van der Waals surface area contributed by atoms with Crippen molar-refractivity contribution in [1.29, 1.82) is 0 Å². The van der Waals surface area contributed by atoms with E-state index in [4.69, 9.17) is 0 Å². The van der Waals surface area contributed by atoms with E-state index in [1.165, 1.54) is 0 Å². The molecule has 2 aromatic rings. The van der Waals surface area contributed by atoms with E-state index >= 15 is 0 Å². The van der Waals surface area contributed by atoms with Gasteiger partial charge in [-0.1, -0.05) is 0 Å². The Morgan fingerprint density at radius 1 is 1.38 bits per heavy atom. The van der Waals surface area contributed by atoms with Crippen molar-refractivity contribution >= 4 is 10.9 Å². The molecule has 1 aromatic heterocycles. The van der Waals surface area contributed by atoms with Gasteiger partial charge in [-0.3, -0.25) is 4.68 Å². The maximum Gasteiger partial charge on any atom is 0.123 e. The molecule has 0 saturated heterocycles. The number of phenols is 1. The maximum absolute atomic E-state index is 9.66. The molecule has 3 nitrogen and oxygen atoms in total. The Balaban J connectivity index is 2.92. The second kappa shape index (κ2) is 2.49. The van der Waals surface area contributed by atoms with Crippen LogP contribution in [0.2, 0.25) is 0 Å². The lowest BCUT2D eigenvalue weighted by molar-refractivity contribution is 0.468. The predicted molar refractivity (Wildman–Crippen MR) is 51.9 cm³/mol. The highest BCUT2D eigenvalue weighted by molar-refractivity contribution is 5.84. The number of rotatable bonds is 0. The van der Waals surface area contributed by atoms with Crippen LogP contribution in [0.3, 0.4) is 0 Å². The van der Waals surface area contributed by atoms with Crippen LogP contribution in [-0.4, -0.2) is 14.9 Å². The second-order valence-corrected chi connectivity index (χ2v) is 3.41. The Morgan fingerprint density at radius 3 is 2.77 bits per heavy atom. The average Bonchev–Trinajstić information content (AvgIpc) is 2.42. The Bertz CT molecular complexity index is 471. The van der Waals surface area contributed by atoms with Crippen LogP contribution in [0.4, 0.5) is 0 Å². The Kier molecular flexibility index (Phi) is 1.55. The van der Waals surface area contributed by atoms with E-state index in [9.17, 15) is 5.11 Å². The van der Waals surface area contributed by atoms with Gasteiger partial charge < -0.3 is 5.11 Å². The quantitative estimate of drug-likeness (QED) is 0.665. The van der Waals surface area contributed by atoms with Crippen molar-refractivity contribution in [2.45, 2.75) is 13.8 Å². The fraction of sp³-hybridized carbons (Fsp3) is 0.300. The molecule has 13 heavy (non-hydrogen) atoms. The summed E-state index contributed by atoms with van der Waals surface area (Å²) in [4.78, 5) is 0. The van der Waals surface area contributed by atoms with Gasteiger partial charge in [-0.25, -0.2) is 0 Å². The largest absolute Gasteiger partial charge is 0.507 e. The van der Waals surface area contributed by atoms with Crippen LogP contribution >= 0.6 is 0 Å². The molecular weight excluding hydrogens is 164 g/mol. The highest BCUT2D eigenvalue weighted by atomic mass is 16.3. The molecule has 0 aliphatic carbocycles. The Labute approximate surface area is 76.6 Å². The number of aryl methyl sites for hydroxylation is 3. The van der Waals surface area contributed by atoms with E-state index in [2.05, 4.69) is 5.10 Å². The standard InChI is InChI=1S/C10H12N2O/c1-6-4-8-5-12(3)11-9(8)7(2)10(6)13/h4-5,13H,1-3H3. The maximum atomic E-state index is 9.66. The zero-order valence-electron chi connectivity index (χ0n) is 8.00. The molecule has 1 N–H and O–H groups in total. The number of hydrogen-bond acceptors (Lipinski definition) is 2. The van der Waals surface area contributed by atoms with E-state index < -0.39 is 0 Å². The minimum absolute atomic E-state index is 0.353. The fourth-order valence-corrected chi connectivity index (χ4v) is 1.61. The second-order valence-electron chi connectivity index (χ2n) is 3.41. The summed E-state index contributed by atoms with van der Waals surface area (Å²) >= 11 is 0. The molecule has 0 bridgehead atoms. The van der Waals surface area contributed by atoms with Crippen LogP contribution in [0.1, 0.15) is 11.1 Å². The van der Waals surface area contributed by atoms with Crippen LogP contribution in [-0.2, 0) is 7.05 Å². The molecule has 0 atom stereocenters. The first-order valence-electron chi connectivity index (χ1n) is 4.22. The molecule has 0 radical (unpaired) electrons. The summed E-state index contributed by atoms with van der Waals surface area (Å²) in [6, 6.07) is 1.95. The summed E-state index contributed by atoms with van der Waals surface area (Å²) in [6.45, 7) is 3.78. The Morgan fingerprint density at radius 2 is 2.08 bits per heavy atom. The summed E-state index contributed by atoms with van der Waals surface area (Å²) in [5, 5.41) is 15.0. The molecule has 0 unspecified atom stereocenters. The summed E-state index contributed by atoms with van der Waals surface area (Å²) in [7, 11) is 1.88. The molecule has 2 rings (SSSR count). The minimum Gasteiger partial charge on any atom is -0.507 e. The molecule has 0 saturated carbocycles. The van der Waals surface area contributed by atoms with Crippen LogP contribution in [0, 0.1) is 13.8 Å². The third-order valence-electron chi connectivity index (χ3n) is 2.31. The molecule has 0 amide bonds. The molecule has 0 fully saturated rings. The minimum atomic E-state index is 0.353. The van der Waals surface area contributed by atoms with Crippen LogP contribution < -0.4 is 0 Å². The number of phenolic OH excluding ortho intramolecular Hbond substituents is 1. The predicted octanol–water partition coefficient (Wildman–Crippen LogP) is 1.90. The molecular formula is C10H12N2O. The van der Waals surface area contributed by atoms with Crippen molar-refractivity contribution in [1.82, 2.24) is 9.78 Å². The number of fused-ring (bicyclic) bond motifs is 1. The van der Waals surface area contributed by atoms with Crippen molar-refractivity contribution in [3.05, 3.63) is 23.4 Å². The van der Waals surface area contributed by atoms with Gasteiger partial charge in [-0.15, -0.1) is 0 Å². The van der Waals surface area contributed by atoms with Crippen molar-refractivity contribution < 1.29 is 5.11 Å². The lowest BCUT2D eigenvalue weighted by Crippen LogP contribution is -1.86. The first kappa shape index (κ1) is 8.10. The molecule has 1 aromatic carbocycles. The van der Waals surface area contributed by atoms with E-state index in [0.717, 1.165) is 22.0 Å². The smallest absolute Gasteiger partial charge is 0.123 e. The first-order valence-corrected chi connectivity index (χ1v) is 4.22. The highest BCUT2D eigenvalue weighted by Gasteiger charge is 2.08. The van der Waals surface area contributed by atoms with Gasteiger partial charge in [-0.2, -0.15) is 5.10 Å². The molecule has 68 valence electrons. The van der Waals surface area contributed by atoms with E-state index in [0.29, 0.717) is 5.75 Å². The van der Waals surface area contributed by atoms with E-state index in [1.54, 1.807) is 4.68 Å². The van der Waals surface area contributed by atoms with Gasteiger partial charge in [0, 0.05) is 24.2 Å². The van der Waals surface area contributed by atoms with Crippen molar-refractivity contribution in [2.24, 2.45) is 7.05 Å². The van der Waals surface area contributed by atoms with E-state index in [1.807, 2.05) is 33.2 Å². The fourth-order valence-electron chi connectivity index (χ4n) is 1.61. The molecule has 1 heterocycles. The van der Waals surface area contributed by atoms with Gasteiger partial charge in [0.15, 0.2) is 0 Å². The monoisotopic (exact) mass is 176 g/mol. The molecule has 0 aliphatic heterocycles. The zero-order chi connectivity index (χ0) is 9.59. The number of nitrogens with zero attached hydrogens (tertiary/aromatic N) is 2. The number of aromatic hydroxyl groups is 1. The molecule has 3 heteroatoms. The number of hydrogen-bond donors (Lipinski definition) is 1. The molecule has 0 spiro atoms. The zero-order valence-corrected chi connectivity index (χ0v) is 8.00. The van der Waals surface area contributed by atoms with Crippen molar-refractivity contribution in [3.63, 3.8) is 0 Å². The molecule has 0 aliphatic rings. The van der Waals surface area contributed by atoms with E-state index in [-0.39, 0.29) is 0 Å². The van der Waals surface area contributed by atoms with Crippen LogP contribution in [0.15, 0.2) is 12.3 Å². The van der Waals surface area contributed by atoms with Crippen LogP contribution in [0.5, 0.6) is 5.75 Å². The summed E-state index contributed by atoms with van der Waals surface area (Å²) in [6.07, 6.45) is 1.95. The number of benzene rings is 1. The van der Waals surface area contributed by atoms with Crippen LogP contribution in [0.25, 0.3) is 10.9 Å². The highest BCUT2D eigenvalue weighted by Crippen LogP contribution is 2.28. The van der Waals surface area contributed by atoms with Gasteiger partial charge >= 0.3 is 0 Å². The third kappa shape index (κ3) is 1.08. The lowest BCUT2D eigenvalue weighted by atomic mass is 10.1. The average molecular weight is 176 g/mol. The number of aromatic nitrogens is 2. The normalized spacial score (nSPS) is 11.0. The van der Waals surface area contributed by atoms with Gasteiger partial charge in [0.05, 0.1) is 5.52 Å². The summed E-state index contributed by atoms with van der Waals surface area (Å²) in [5.41, 5.74) is 2.64. The Hall–Kier alpha value is -1.51. The third-order valence-corrected chi connectivity index (χ3v) is 2.31.